The Balaban J connectivity index is 1.70. The number of rotatable bonds is 3. The van der Waals surface area contributed by atoms with Crippen molar-refractivity contribution in [2.75, 3.05) is 6.54 Å². The van der Waals surface area contributed by atoms with Gasteiger partial charge in [-0.1, -0.05) is 49.8 Å². The molecule has 3 aliphatic rings. The molecule has 1 amide bonds. The predicted molar refractivity (Wildman–Crippen MR) is 128 cm³/mol. The Labute approximate surface area is 192 Å². The van der Waals surface area contributed by atoms with Crippen molar-refractivity contribution in [1.82, 2.24) is 4.90 Å². The van der Waals surface area contributed by atoms with Gasteiger partial charge in [-0.2, -0.15) is 0 Å². The number of carbonyl (C=O) groups excluding carboxylic acids is 1. The summed E-state index contributed by atoms with van der Waals surface area (Å²) in [6.07, 6.45) is 7.49. The molecule has 4 rings (SSSR count). The molecule has 1 aliphatic heterocycles. The van der Waals surface area contributed by atoms with Crippen LogP contribution >= 0.6 is 0 Å². The zero-order chi connectivity index (χ0) is 23.0. The smallest absolute Gasteiger partial charge is 0.234 e. The highest BCUT2D eigenvalue weighted by atomic mass is 16.3. The van der Waals surface area contributed by atoms with Gasteiger partial charge >= 0.3 is 0 Å². The summed E-state index contributed by atoms with van der Waals surface area (Å²) in [6.45, 7) is 11.6. The van der Waals surface area contributed by atoms with Crippen molar-refractivity contribution in [2.45, 2.75) is 71.8 Å². The summed E-state index contributed by atoms with van der Waals surface area (Å²) >= 11 is 0. The van der Waals surface area contributed by atoms with Gasteiger partial charge in [0.05, 0.1) is 12.0 Å². The van der Waals surface area contributed by atoms with Crippen LogP contribution in [0.3, 0.4) is 0 Å². The molecule has 0 saturated heterocycles. The fourth-order valence-corrected chi connectivity index (χ4v) is 6.16. The predicted octanol–water partition coefficient (Wildman–Crippen LogP) is 5.52. The first-order chi connectivity index (χ1) is 15.2. The summed E-state index contributed by atoms with van der Waals surface area (Å²) in [4.78, 5) is 15.6. The summed E-state index contributed by atoms with van der Waals surface area (Å²) in [6, 6.07) is 7.26. The number of aromatic hydroxyl groups is 1. The Bertz CT molecular complexity index is 953. The summed E-state index contributed by atoms with van der Waals surface area (Å²) in [5.41, 5.74) is 5.80. The van der Waals surface area contributed by atoms with Crippen molar-refractivity contribution < 1.29 is 15.0 Å². The Morgan fingerprint density at radius 2 is 1.88 bits per heavy atom. The molecular weight excluding hydrogens is 398 g/mol. The van der Waals surface area contributed by atoms with Crippen LogP contribution in [0.1, 0.15) is 64.9 Å². The van der Waals surface area contributed by atoms with E-state index in [0.717, 1.165) is 54.5 Å². The Hall–Kier alpha value is -2.33. The van der Waals surface area contributed by atoms with Crippen LogP contribution in [0.4, 0.5) is 0 Å². The highest BCUT2D eigenvalue weighted by molar-refractivity contribution is 5.88. The Morgan fingerprint density at radius 1 is 1.16 bits per heavy atom. The molecule has 0 aromatic heterocycles. The van der Waals surface area contributed by atoms with Crippen molar-refractivity contribution in [3.05, 3.63) is 64.9 Å². The van der Waals surface area contributed by atoms with Gasteiger partial charge in [0, 0.05) is 18.7 Å². The number of hydrogen-bond acceptors (Lipinski definition) is 3. The van der Waals surface area contributed by atoms with Crippen LogP contribution in [0.15, 0.2) is 59.3 Å². The topological polar surface area (TPSA) is 60.8 Å². The van der Waals surface area contributed by atoms with E-state index in [0.29, 0.717) is 25.3 Å². The zero-order valence-corrected chi connectivity index (χ0v) is 19.7. The normalized spacial score (nSPS) is 28.3. The third-order valence-electron chi connectivity index (χ3n) is 7.90. The average Bonchev–Trinajstić information content (AvgIpc) is 2.98. The Morgan fingerprint density at radius 3 is 2.59 bits per heavy atom. The number of benzene rings is 1. The van der Waals surface area contributed by atoms with Gasteiger partial charge in [-0.3, -0.25) is 4.79 Å². The lowest BCUT2D eigenvalue weighted by Gasteiger charge is -2.43. The number of phenolic OH excluding ortho intramolecular Hbond substituents is 1. The van der Waals surface area contributed by atoms with Gasteiger partial charge in [0.25, 0.3) is 0 Å². The van der Waals surface area contributed by atoms with Crippen LogP contribution in [0, 0.1) is 17.3 Å². The minimum Gasteiger partial charge on any atom is -0.508 e. The van der Waals surface area contributed by atoms with E-state index in [-0.39, 0.29) is 23.0 Å². The molecule has 0 spiro atoms. The molecule has 3 atom stereocenters. The molecule has 2 aliphatic carbocycles. The molecule has 1 heterocycles. The van der Waals surface area contributed by atoms with E-state index in [1.54, 1.807) is 12.1 Å². The SMILES string of the molecule is C=C1CCC2CCC3C(=O)N(CCc4ccc(O)cc4)C(=C3C2(C)C)CC(C)=CC(O)C1. The molecule has 1 aromatic rings. The standard InChI is InChI=1S/C28H37NO3/c1-18-5-8-21-9-12-24-26(28(21,3)4)25(17-19(2)16-23(31)15-18)29(27(24)32)14-13-20-6-10-22(30)11-7-20/h6-7,10-11,16,21,23-24,30-31H,1,5,8-9,12-15,17H2,2-4H3. The number of phenols is 1. The molecule has 1 aromatic carbocycles. The van der Waals surface area contributed by atoms with E-state index >= 15 is 0 Å². The molecule has 0 radical (unpaired) electrons. The third kappa shape index (κ3) is 4.43. The van der Waals surface area contributed by atoms with Crippen molar-refractivity contribution in [3.8, 4) is 5.75 Å². The van der Waals surface area contributed by atoms with Crippen molar-refractivity contribution in [1.29, 1.82) is 0 Å². The minimum atomic E-state index is -0.515. The summed E-state index contributed by atoms with van der Waals surface area (Å²) in [5, 5.41) is 20.1. The molecule has 1 fully saturated rings. The second-order valence-electron chi connectivity index (χ2n) is 10.6. The van der Waals surface area contributed by atoms with E-state index in [4.69, 9.17) is 0 Å². The van der Waals surface area contributed by atoms with Gasteiger partial charge in [0.2, 0.25) is 5.91 Å². The summed E-state index contributed by atoms with van der Waals surface area (Å²) < 4.78 is 0. The number of nitrogens with zero attached hydrogens (tertiary/aromatic N) is 1. The summed E-state index contributed by atoms with van der Waals surface area (Å²) in [7, 11) is 0. The van der Waals surface area contributed by atoms with Crippen LogP contribution in [0.25, 0.3) is 0 Å². The monoisotopic (exact) mass is 435 g/mol. The maximum atomic E-state index is 13.6. The van der Waals surface area contributed by atoms with E-state index < -0.39 is 6.10 Å². The largest absolute Gasteiger partial charge is 0.508 e. The molecular formula is C28H37NO3. The van der Waals surface area contributed by atoms with Gasteiger partial charge in [-0.15, -0.1) is 0 Å². The maximum absolute atomic E-state index is 13.6. The first-order valence-electron chi connectivity index (χ1n) is 12.0. The first-order valence-corrected chi connectivity index (χ1v) is 12.0. The van der Waals surface area contributed by atoms with Crippen LogP contribution in [-0.4, -0.2) is 33.7 Å². The average molecular weight is 436 g/mol. The molecule has 4 heteroatoms. The van der Waals surface area contributed by atoms with Crippen LogP contribution in [0.5, 0.6) is 5.75 Å². The molecule has 32 heavy (non-hydrogen) atoms. The fraction of sp³-hybridized carbons (Fsp3) is 0.536. The first kappa shape index (κ1) is 22.8. The zero-order valence-electron chi connectivity index (χ0n) is 19.7. The number of carbonyl (C=O) groups is 1. The van der Waals surface area contributed by atoms with Crippen molar-refractivity contribution in [2.24, 2.45) is 17.3 Å². The van der Waals surface area contributed by atoms with Crippen LogP contribution in [0.2, 0.25) is 0 Å². The number of hydrogen-bond donors (Lipinski definition) is 2. The van der Waals surface area contributed by atoms with Gasteiger partial charge in [-0.05, 0) is 80.1 Å². The van der Waals surface area contributed by atoms with Gasteiger partial charge in [-0.25, -0.2) is 0 Å². The number of amides is 1. The second kappa shape index (κ2) is 8.90. The van der Waals surface area contributed by atoms with Crippen molar-refractivity contribution in [3.63, 3.8) is 0 Å². The lowest BCUT2D eigenvalue weighted by atomic mass is 9.60. The lowest BCUT2D eigenvalue weighted by molar-refractivity contribution is -0.131. The van der Waals surface area contributed by atoms with E-state index in [9.17, 15) is 15.0 Å². The second-order valence-corrected chi connectivity index (χ2v) is 10.6. The van der Waals surface area contributed by atoms with Gasteiger partial charge in [0.15, 0.2) is 0 Å². The molecule has 1 saturated carbocycles. The highest BCUT2D eigenvalue weighted by Gasteiger charge is 2.50. The fourth-order valence-electron chi connectivity index (χ4n) is 6.16. The highest BCUT2D eigenvalue weighted by Crippen LogP contribution is 2.55. The van der Waals surface area contributed by atoms with E-state index in [1.807, 2.05) is 23.1 Å². The van der Waals surface area contributed by atoms with Crippen LogP contribution < -0.4 is 0 Å². The molecule has 2 bridgehead atoms. The van der Waals surface area contributed by atoms with E-state index in [2.05, 4.69) is 27.4 Å². The number of aliphatic hydroxyl groups is 1. The van der Waals surface area contributed by atoms with Crippen molar-refractivity contribution >= 4 is 5.91 Å². The number of fused-ring (bicyclic) bond motifs is 1. The van der Waals surface area contributed by atoms with Crippen LogP contribution in [-0.2, 0) is 11.2 Å². The molecule has 2 N–H and O–H groups in total. The van der Waals surface area contributed by atoms with E-state index in [1.165, 1.54) is 5.57 Å². The lowest BCUT2D eigenvalue weighted by Crippen LogP contribution is -2.37. The number of aliphatic hydroxyl groups excluding tert-OH is 1. The molecule has 4 nitrogen and oxygen atoms in total. The number of allylic oxidation sites excluding steroid dienone is 1. The molecule has 172 valence electrons. The quantitative estimate of drug-likeness (QED) is 0.615. The Kier molecular flexibility index (Phi) is 6.35. The maximum Gasteiger partial charge on any atom is 0.234 e. The van der Waals surface area contributed by atoms with Gasteiger partial charge in [0.1, 0.15) is 5.75 Å². The minimum absolute atomic E-state index is 0.0140. The third-order valence-corrected chi connectivity index (χ3v) is 7.90. The molecule has 3 unspecified atom stereocenters. The van der Waals surface area contributed by atoms with Gasteiger partial charge < -0.3 is 15.1 Å². The summed E-state index contributed by atoms with van der Waals surface area (Å²) in [5.74, 6) is 1.01.